The van der Waals surface area contributed by atoms with Crippen molar-refractivity contribution in [2.24, 2.45) is 5.92 Å². The molecule has 0 aromatic heterocycles. The van der Waals surface area contributed by atoms with E-state index < -0.39 is 34.0 Å². The van der Waals surface area contributed by atoms with Gasteiger partial charge in [0.05, 0.1) is 11.8 Å². The summed E-state index contributed by atoms with van der Waals surface area (Å²) < 4.78 is 80.8. The summed E-state index contributed by atoms with van der Waals surface area (Å²) >= 11 is 0. The molecule has 1 saturated carbocycles. The van der Waals surface area contributed by atoms with Crippen LogP contribution < -0.4 is 4.72 Å². The first-order valence-electron chi connectivity index (χ1n) is 10.2. The molecule has 5 nitrogen and oxygen atoms in total. The number of rotatable bonds is 6. The summed E-state index contributed by atoms with van der Waals surface area (Å²) in [5.41, 5.74) is -0.274. The van der Waals surface area contributed by atoms with Crippen LogP contribution in [0.1, 0.15) is 36.3 Å². The van der Waals surface area contributed by atoms with E-state index in [0.29, 0.717) is 24.9 Å². The minimum atomic E-state index is -3.39. The summed E-state index contributed by atoms with van der Waals surface area (Å²) in [5.74, 6) is -2.71. The van der Waals surface area contributed by atoms with Gasteiger partial charge in [0, 0.05) is 30.6 Å². The lowest BCUT2D eigenvalue weighted by Gasteiger charge is -2.18. The van der Waals surface area contributed by atoms with Gasteiger partial charge < -0.3 is 4.90 Å². The van der Waals surface area contributed by atoms with Gasteiger partial charge in [-0.2, -0.15) is 0 Å². The second-order valence-corrected chi connectivity index (χ2v) is 10.1. The molecule has 1 heterocycles. The molecule has 2 aliphatic rings. The van der Waals surface area contributed by atoms with Crippen molar-refractivity contribution in [3.05, 3.63) is 59.2 Å². The maximum absolute atomic E-state index is 14.5. The molecule has 0 unspecified atom stereocenters. The minimum Gasteiger partial charge on any atom is -0.341 e. The van der Waals surface area contributed by atoms with E-state index in [1.54, 1.807) is 4.90 Å². The van der Waals surface area contributed by atoms with Crippen molar-refractivity contribution in [3.8, 4) is 11.1 Å². The number of likely N-dealkylation sites (tertiary alicyclic amines) is 1. The summed E-state index contributed by atoms with van der Waals surface area (Å²) in [6.45, 7) is 0.641. The van der Waals surface area contributed by atoms with Crippen LogP contribution in [-0.2, 0) is 14.8 Å². The molecular formula is C22H22F4N2O3S. The molecule has 1 amide bonds. The standard InChI is InChI=1S/C22H22F4N2O3S/c1-32(30,31)27-13-7-8-28(11-13)22(29)17-10-15(17)14-6-5-12(21(25)26)9-16(14)20-18(23)3-2-4-19(20)24/h2-6,9,13,15,17,21,27H,7-8,10-11H2,1H3/t13-,15+,17-/m1/s1. The average Bonchev–Trinajstić information content (AvgIpc) is 3.37. The fraction of sp³-hybridized carbons (Fsp3) is 0.409. The second-order valence-electron chi connectivity index (χ2n) is 8.35. The third kappa shape index (κ3) is 4.66. The number of nitrogens with zero attached hydrogens (tertiary/aromatic N) is 1. The monoisotopic (exact) mass is 470 g/mol. The number of carbonyl (C=O) groups excluding carboxylic acids is 1. The topological polar surface area (TPSA) is 66.5 Å². The number of alkyl halides is 2. The molecule has 0 spiro atoms. The van der Waals surface area contributed by atoms with Gasteiger partial charge in [0.25, 0.3) is 6.43 Å². The van der Waals surface area contributed by atoms with E-state index in [4.69, 9.17) is 0 Å². The summed E-state index contributed by atoms with van der Waals surface area (Å²) in [4.78, 5) is 14.5. The Kier molecular flexibility index (Phi) is 6.02. The molecule has 0 radical (unpaired) electrons. The first-order chi connectivity index (χ1) is 15.0. The number of halogens is 4. The van der Waals surface area contributed by atoms with Gasteiger partial charge in [0.1, 0.15) is 11.6 Å². The number of carbonyl (C=O) groups is 1. The quantitative estimate of drug-likeness (QED) is 0.653. The number of amides is 1. The lowest BCUT2D eigenvalue weighted by Crippen LogP contribution is -2.38. The highest BCUT2D eigenvalue weighted by atomic mass is 32.2. The fourth-order valence-corrected chi connectivity index (χ4v) is 5.21. The summed E-state index contributed by atoms with van der Waals surface area (Å²) in [5, 5.41) is 0. The van der Waals surface area contributed by atoms with Gasteiger partial charge in [0.2, 0.25) is 15.9 Å². The first kappa shape index (κ1) is 22.7. The Morgan fingerprint density at radius 1 is 1.16 bits per heavy atom. The Balaban J connectivity index is 1.58. The van der Waals surface area contributed by atoms with E-state index in [1.807, 2.05) is 0 Å². The number of hydrogen-bond donors (Lipinski definition) is 1. The Morgan fingerprint density at radius 2 is 1.84 bits per heavy atom. The highest BCUT2D eigenvalue weighted by Crippen LogP contribution is 2.52. The molecule has 2 aromatic rings. The van der Waals surface area contributed by atoms with Crippen LogP contribution in [0.4, 0.5) is 17.6 Å². The zero-order chi connectivity index (χ0) is 23.2. The fourth-order valence-electron chi connectivity index (χ4n) is 4.41. The maximum atomic E-state index is 14.5. The van der Waals surface area contributed by atoms with Gasteiger partial charge in [-0.1, -0.05) is 18.2 Å². The van der Waals surface area contributed by atoms with Crippen LogP contribution >= 0.6 is 0 Å². The van der Waals surface area contributed by atoms with Crippen LogP contribution in [0.5, 0.6) is 0 Å². The van der Waals surface area contributed by atoms with E-state index in [9.17, 15) is 30.8 Å². The molecule has 172 valence electrons. The molecule has 32 heavy (non-hydrogen) atoms. The van der Waals surface area contributed by atoms with Crippen LogP contribution in [0.25, 0.3) is 11.1 Å². The molecule has 1 N–H and O–H groups in total. The van der Waals surface area contributed by atoms with Gasteiger partial charge in [-0.15, -0.1) is 0 Å². The summed E-state index contributed by atoms with van der Waals surface area (Å²) in [7, 11) is -3.39. The zero-order valence-corrected chi connectivity index (χ0v) is 18.0. The lowest BCUT2D eigenvalue weighted by molar-refractivity contribution is -0.131. The largest absolute Gasteiger partial charge is 0.341 e. The van der Waals surface area contributed by atoms with Crippen molar-refractivity contribution < 1.29 is 30.8 Å². The van der Waals surface area contributed by atoms with Crippen molar-refractivity contribution in [2.75, 3.05) is 19.3 Å². The van der Waals surface area contributed by atoms with Crippen LogP contribution in [0, 0.1) is 17.6 Å². The van der Waals surface area contributed by atoms with Crippen LogP contribution in [0.2, 0.25) is 0 Å². The first-order valence-corrected chi connectivity index (χ1v) is 12.1. The van der Waals surface area contributed by atoms with Gasteiger partial charge in [-0.3, -0.25) is 4.79 Å². The molecule has 2 aromatic carbocycles. The number of benzene rings is 2. The summed E-state index contributed by atoms with van der Waals surface area (Å²) in [6.07, 6.45) is -0.833. The van der Waals surface area contributed by atoms with Gasteiger partial charge in [-0.05, 0) is 48.1 Å². The predicted octanol–water partition coefficient (Wildman–Crippen LogP) is 3.82. The Morgan fingerprint density at radius 3 is 2.47 bits per heavy atom. The van der Waals surface area contributed by atoms with Crippen LogP contribution in [0.15, 0.2) is 36.4 Å². The van der Waals surface area contributed by atoms with Crippen LogP contribution in [-0.4, -0.2) is 44.6 Å². The molecule has 0 bridgehead atoms. The van der Waals surface area contributed by atoms with Crippen molar-refractivity contribution >= 4 is 15.9 Å². The van der Waals surface area contributed by atoms with Crippen molar-refractivity contribution in [3.63, 3.8) is 0 Å². The molecular weight excluding hydrogens is 448 g/mol. The third-order valence-corrected chi connectivity index (χ3v) is 6.71. The van der Waals surface area contributed by atoms with Crippen molar-refractivity contribution in [2.45, 2.75) is 31.2 Å². The third-order valence-electron chi connectivity index (χ3n) is 5.95. The van der Waals surface area contributed by atoms with Gasteiger partial charge in [-0.25, -0.2) is 30.7 Å². The van der Waals surface area contributed by atoms with E-state index in [0.717, 1.165) is 24.5 Å². The molecule has 4 rings (SSSR count). The summed E-state index contributed by atoms with van der Waals surface area (Å²) in [6, 6.07) is 6.67. The average molecular weight is 470 g/mol. The molecule has 3 atom stereocenters. The van der Waals surface area contributed by atoms with Crippen molar-refractivity contribution in [1.29, 1.82) is 0 Å². The predicted molar refractivity (Wildman–Crippen MR) is 111 cm³/mol. The highest BCUT2D eigenvalue weighted by Gasteiger charge is 2.48. The smallest absolute Gasteiger partial charge is 0.263 e. The number of hydrogen-bond acceptors (Lipinski definition) is 3. The Bertz CT molecular complexity index is 1140. The van der Waals surface area contributed by atoms with Crippen LogP contribution in [0.3, 0.4) is 0 Å². The molecule has 1 aliphatic carbocycles. The zero-order valence-electron chi connectivity index (χ0n) is 17.2. The highest BCUT2D eigenvalue weighted by molar-refractivity contribution is 7.88. The molecule has 1 aliphatic heterocycles. The SMILES string of the molecule is CS(=O)(=O)N[C@@H]1CCN(C(=O)[C@@H]2C[C@H]2c2ccc(C(F)F)cc2-c2c(F)cccc2F)C1. The Hall–Kier alpha value is -2.46. The minimum absolute atomic E-state index is 0.0248. The van der Waals surface area contributed by atoms with E-state index >= 15 is 0 Å². The van der Waals surface area contributed by atoms with E-state index in [2.05, 4.69) is 4.72 Å². The van der Waals surface area contributed by atoms with E-state index in [-0.39, 0.29) is 41.1 Å². The molecule has 1 saturated heterocycles. The van der Waals surface area contributed by atoms with Crippen molar-refractivity contribution in [1.82, 2.24) is 9.62 Å². The number of nitrogens with one attached hydrogen (secondary N) is 1. The number of sulfonamides is 1. The maximum Gasteiger partial charge on any atom is 0.263 e. The second kappa shape index (κ2) is 8.47. The Labute approximate surface area is 183 Å². The molecule has 10 heteroatoms. The normalized spacial score (nSPS) is 23.1. The van der Waals surface area contributed by atoms with Gasteiger partial charge in [0.15, 0.2) is 0 Å². The van der Waals surface area contributed by atoms with Gasteiger partial charge >= 0.3 is 0 Å². The molecule has 2 fully saturated rings. The lowest BCUT2D eigenvalue weighted by atomic mass is 9.93. The van der Waals surface area contributed by atoms with E-state index in [1.165, 1.54) is 18.2 Å².